The molecule has 0 unspecified atom stereocenters. The van der Waals surface area contributed by atoms with E-state index in [-0.39, 0.29) is 10.9 Å². The van der Waals surface area contributed by atoms with E-state index in [1.807, 2.05) is 0 Å². The fourth-order valence-corrected chi connectivity index (χ4v) is 1.19. The lowest BCUT2D eigenvalue weighted by atomic mass is 10.3. The van der Waals surface area contributed by atoms with E-state index in [2.05, 4.69) is 4.98 Å². The Bertz CT molecular complexity index is 499. The molecule has 2 rings (SSSR count). The van der Waals surface area contributed by atoms with E-state index in [0.29, 0.717) is 23.6 Å². The van der Waals surface area contributed by atoms with Crippen LogP contribution in [0.4, 0.5) is 5.69 Å². The van der Waals surface area contributed by atoms with Crippen LogP contribution >= 0.6 is 12.5 Å². The Morgan fingerprint density at radius 1 is 1.69 bits per heavy atom. The first-order valence-corrected chi connectivity index (χ1v) is 3.79. The molecule has 1 heterocycles. The third-order valence-corrected chi connectivity index (χ3v) is 1.74. The number of benzene rings is 1. The fraction of sp³-hybridized carbons (Fsp3) is 0. The van der Waals surface area contributed by atoms with Crippen molar-refractivity contribution in [1.82, 2.24) is 4.98 Å². The number of oxazole rings is 1. The van der Waals surface area contributed by atoms with Crippen LogP contribution in [0.3, 0.4) is 0 Å². The van der Waals surface area contributed by atoms with Gasteiger partial charge >= 0.3 is 0 Å². The summed E-state index contributed by atoms with van der Waals surface area (Å²) in [5.41, 5.74) is 0.800. The molecular formula is C7H4N2O3S. The Balaban J connectivity index is 2.59. The van der Waals surface area contributed by atoms with Gasteiger partial charge in [-0.1, -0.05) is 12.5 Å². The monoisotopic (exact) mass is 197 g/mol. The molecule has 0 bridgehead atoms. The fourth-order valence-electron chi connectivity index (χ4n) is 1.01. The Morgan fingerprint density at radius 3 is 3.23 bits per heavy atom. The van der Waals surface area contributed by atoms with Crippen LogP contribution in [0.15, 0.2) is 27.8 Å². The van der Waals surface area contributed by atoms with Crippen LogP contribution in [0.2, 0.25) is 0 Å². The lowest BCUT2D eigenvalue weighted by Gasteiger charge is -1.88. The number of rotatable bonds is 2. The molecule has 0 aliphatic rings. The Labute approximate surface area is 79.0 Å². The van der Waals surface area contributed by atoms with E-state index in [1.54, 1.807) is 0 Å². The van der Waals surface area contributed by atoms with E-state index in [0.717, 1.165) is 0 Å². The minimum Gasteiger partial charge on any atom is -0.431 e. The Hall–Kier alpha value is -1.56. The first kappa shape index (κ1) is 6.90. The third-order valence-electron chi connectivity index (χ3n) is 1.56. The summed E-state index contributed by atoms with van der Waals surface area (Å²) in [6.07, 6.45) is 0. The van der Waals surface area contributed by atoms with Crippen molar-refractivity contribution in [1.29, 1.82) is 1.12 Å². The molecule has 0 N–H and O–H groups in total. The highest BCUT2D eigenvalue weighted by atomic mass is 32.1. The van der Waals surface area contributed by atoms with Gasteiger partial charge in [-0.05, 0) is 6.07 Å². The SMILES string of the molecule is [2H]Sc1nc2ccc([N+](=O)[O-])cc2o1. The average Bonchev–Trinajstić information content (AvgIpc) is 2.58. The molecule has 1 aromatic carbocycles. The molecule has 0 spiro atoms. The second-order valence-electron chi connectivity index (χ2n) is 2.39. The molecule has 0 amide bonds. The first-order valence-electron chi connectivity index (χ1n) is 3.79. The molecule has 6 heteroatoms. The molecule has 0 saturated carbocycles. The maximum Gasteiger partial charge on any atom is 0.273 e. The van der Waals surface area contributed by atoms with Gasteiger partial charge in [-0.25, -0.2) is 4.98 Å². The molecule has 0 atom stereocenters. The smallest absolute Gasteiger partial charge is 0.273 e. The summed E-state index contributed by atoms with van der Waals surface area (Å²) >= 11 is 0.611. The molecule has 0 radical (unpaired) electrons. The minimum absolute atomic E-state index is 0.0461. The van der Waals surface area contributed by atoms with E-state index >= 15 is 0 Å². The molecule has 1 aromatic heterocycles. The van der Waals surface area contributed by atoms with Crippen LogP contribution in [0.1, 0.15) is 0 Å². The van der Waals surface area contributed by atoms with E-state index in [4.69, 9.17) is 5.54 Å². The lowest BCUT2D eigenvalue weighted by Crippen LogP contribution is -1.86. The lowest BCUT2D eigenvalue weighted by molar-refractivity contribution is -0.384. The van der Waals surface area contributed by atoms with Crippen molar-refractivity contribution in [3.63, 3.8) is 0 Å². The summed E-state index contributed by atoms with van der Waals surface area (Å²) in [5, 5.41) is 10.6. The van der Waals surface area contributed by atoms with Gasteiger partial charge in [0.2, 0.25) is 0 Å². The highest BCUT2D eigenvalue weighted by Gasteiger charge is 2.09. The summed E-state index contributed by atoms with van der Waals surface area (Å²) in [6, 6.07) is 4.14. The van der Waals surface area contributed by atoms with Crippen molar-refractivity contribution >= 4 is 29.3 Å². The van der Waals surface area contributed by atoms with Gasteiger partial charge in [-0.3, -0.25) is 10.1 Å². The van der Waals surface area contributed by atoms with Crippen LogP contribution in [-0.2, 0) is 0 Å². The van der Waals surface area contributed by atoms with E-state index in [1.165, 1.54) is 18.2 Å². The van der Waals surface area contributed by atoms with Gasteiger partial charge in [0.1, 0.15) is 6.64 Å². The Morgan fingerprint density at radius 2 is 2.54 bits per heavy atom. The number of non-ortho nitro benzene ring substituents is 1. The molecular weight excluding hydrogens is 192 g/mol. The minimum atomic E-state index is -0.504. The molecule has 2 aromatic rings. The predicted octanol–water partition coefficient (Wildman–Crippen LogP) is 2.02. The molecule has 0 saturated heterocycles. The molecule has 5 nitrogen and oxygen atoms in total. The standard InChI is InChI=1S/C7H4N2O3S/c10-9(11)4-1-2-5-6(3-4)12-7(13)8-5/h1-3H,(H,8,13)/i/hD. The van der Waals surface area contributed by atoms with Crippen LogP contribution in [-0.4, -0.2) is 11.0 Å². The van der Waals surface area contributed by atoms with Crippen molar-refractivity contribution in [2.24, 2.45) is 0 Å². The summed E-state index contributed by atoms with van der Waals surface area (Å²) in [4.78, 5) is 13.8. The van der Waals surface area contributed by atoms with Gasteiger partial charge in [0.25, 0.3) is 10.9 Å². The van der Waals surface area contributed by atoms with Gasteiger partial charge in [0.05, 0.1) is 11.0 Å². The number of fused-ring (bicyclic) bond motifs is 1. The molecule has 0 aliphatic carbocycles. The summed E-state index contributed by atoms with van der Waals surface area (Å²) < 4.78 is 12.0. The van der Waals surface area contributed by atoms with Crippen LogP contribution in [0.25, 0.3) is 11.1 Å². The largest absolute Gasteiger partial charge is 0.431 e. The summed E-state index contributed by atoms with van der Waals surface area (Å²) in [6.45, 7) is 0. The van der Waals surface area contributed by atoms with Gasteiger partial charge in [-0.2, -0.15) is 0 Å². The number of nitrogens with zero attached hydrogens (tertiary/aromatic N) is 2. The van der Waals surface area contributed by atoms with Crippen LogP contribution in [0, 0.1) is 10.1 Å². The zero-order chi connectivity index (χ0) is 10.1. The average molecular weight is 197 g/mol. The molecule has 13 heavy (non-hydrogen) atoms. The first-order chi connectivity index (χ1) is 6.70. The second kappa shape index (κ2) is 2.74. The van der Waals surface area contributed by atoms with Gasteiger partial charge < -0.3 is 4.42 Å². The molecule has 66 valence electrons. The zero-order valence-corrected chi connectivity index (χ0v) is 7.08. The number of hydrogen-bond acceptors (Lipinski definition) is 5. The van der Waals surface area contributed by atoms with Crippen LogP contribution in [0.5, 0.6) is 0 Å². The van der Waals surface area contributed by atoms with Gasteiger partial charge in [0, 0.05) is 6.07 Å². The number of thiol groups is 1. The van der Waals surface area contributed by atoms with Crippen LogP contribution < -0.4 is 0 Å². The zero-order valence-electron chi connectivity index (χ0n) is 7.26. The van der Waals surface area contributed by atoms with Crippen molar-refractivity contribution in [3.05, 3.63) is 28.3 Å². The van der Waals surface area contributed by atoms with E-state index in [9.17, 15) is 10.1 Å². The maximum absolute atomic E-state index is 10.4. The molecule has 0 aliphatic heterocycles. The summed E-state index contributed by atoms with van der Waals surface area (Å²) in [7, 11) is 0. The number of hydrogen-bond donors (Lipinski definition) is 1. The van der Waals surface area contributed by atoms with E-state index < -0.39 is 4.92 Å². The van der Waals surface area contributed by atoms with Crippen molar-refractivity contribution in [2.45, 2.75) is 5.22 Å². The van der Waals surface area contributed by atoms with Gasteiger partial charge in [0.15, 0.2) is 5.58 Å². The Kier molecular flexibility index (Phi) is 1.45. The molecule has 0 fully saturated rings. The van der Waals surface area contributed by atoms with Crippen molar-refractivity contribution in [2.75, 3.05) is 0 Å². The quantitative estimate of drug-likeness (QED) is 0.454. The second-order valence-corrected chi connectivity index (χ2v) is 2.74. The third kappa shape index (κ3) is 1.35. The normalized spacial score (nSPS) is 11.5. The highest BCUT2D eigenvalue weighted by Crippen LogP contribution is 2.22. The number of nitro benzene ring substituents is 1. The van der Waals surface area contributed by atoms with Gasteiger partial charge in [-0.15, -0.1) is 0 Å². The predicted molar refractivity (Wildman–Crippen MR) is 47.9 cm³/mol. The maximum atomic E-state index is 10.4. The highest BCUT2D eigenvalue weighted by molar-refractivity contribution is 7.80. The van der Waals surface area contributed by atoms with Crippen molar-refractivity contribution < 1.29 is 9.34 Å². The summed E-state index contributed by atoms with van der Waals surface area (Å²) in [5.74, 6) is 0. The topological polar surface area (TPSA) is 69.2 Å². The number of nitro groups is 1. The number of aromatic nitrogens is 1. The van der Waals surface area contributed by atoms with Crippen molar-refractivity contribution in [3.8, 4) is 0 Å².